The van der Waals surface area contributed by atoms with Gasteiger partial charge in [-0.2, -0.15) is 4.98 Å². The lowest BCUT2D eigenvalue weighted by atomic mass is 10.0. The molecule has 2 unspecified atom stereocenters. The lowest BCUT2D eigenvalue weighted by Gasteiger charge is -2.38. The number of esters is 1. The quantitative estimate of drug-likeness (QED) is 0.302. The number of hydrogen-bond acceptors (Lipinski definition) is 9. The van der Waals surface area contributed by atoms with Crippen LogP contribution < -0.4 is 21.1 Å². The lowest BCUT2D eigenvalue weighted by Crippen LogP contribution is -2.55. The molecule has 11 heteroatoms. The predicted octanol–water partition coefficient (Wildman–Crippen LogP) is 2.11. The molecule has 1 aromatic heterocycles. The maximum absolute atomic E-state index is 12.9. The number of pyridine rings is 1. The van der Waals surface area contributed by atoms with Gasteiger partial charge in [0.2, 0.25) is 5.88 Å². The third-order valence-electron chi connectivity index (χ3n) is 6.07. The zero-order chi connectivity index (χ0) is 26.1. The van der Waals surface area contributed by atoms with Crippen molar-refractivity contribution in [2.24, 2.45) is 0 Å². The van der Waals surface area contributed by atoms with Gasteiger partial charge in [0, 0.05) is 39.8 Å². The van der Waals surface area contributed by atoms with Crippen molar-refractivity contribution in [3.8, 4) is 5.88 Å². The van der Waals surface area contributed by atoms with Crippen LogP contribution in [0.15, 0.2) is 30.3 Å². The largest absolute Gasteiger partial charge is 0.480 e. The van der Waals surface area contributed by atoms with Crippen LogP contribution in [-0.4, -0.2) is 80.9 Å². The summed E-state index contributed by atoms with van der Waals surface area (Å²) < 4.78 is 15.9. The molecule has 36 heavy (non-hydrogen) atoms. The number of nitrogen functional groups attached to an aromatic ring is 1. The van der Waals surface area contributed by atoms with Gasteiger partial charge >= 0.3 is 5.97 Å². The molecule has 196 valence electrons. The molecule has 10 nitrogen and oxygen atoms in total. The van der Waals surface area contributed by atoms with E-state index < -0.39 is 0 Å². The Morgan fingerprint density at radius 2 is 2.00 bits per heavy atom. The van der Waals surface area contributed by atoms with Crippen LogP contribution in [0.25, 0.3) is 0 Å². The number of amides is 1. The number of methoxy groups -OCH3 is 2. The van der Waals surface area contributed by atoms with Gasteiger partial charge in [0.1, 0.15) is 11.4 Å². The first-order valence-electron chi connectivity index (χ1n) is 11.9. The standard InChI is InChI=1S/C25H34ClN5O5/c1-4-36-25(33)17-7-5-16(6-8-17)14-28-10-12-31-11-9-20(21(15-31)34-2)29-23(32)18-13-19(26)22(27)30-24(18)35-3/h5-8,13,20-21,28H,4,9-12,14-15H2,1-3H3,(H2,27,30)(H,29,32). The van der Waals surface area contributed by atoms with Gasteiger partial charge in [-0.25, -0.2) is 4.79 Å². The van der Waals surface area contributed by atoms with E-state index in [1.54, 1.807) is 26.2 Å². The molecule has 3 rings (SSSR count). The number of carbonyl (C=O) groups is 2. The van der Waals surface area contributed by atoms with E-state index >= 15 is 0 Å². The second kappa shape index (κ2) is 13.4. The third kappa shape index (κ3) is 7.30. The molecular formula is C25H34ClN5O5. The van der Waals surface area contributed by atoms with Crippen LogP contribution in [0.5, 0.6) is 5.88 Å². The number of nitrogens with two attached hydrogens (primary N) is 1. The van der Waals surface area contributed by atoms with Crippen molar-refractivity contribution in [1.29, 1.82) is 0 Å². The topological polar surface area (TPSA) is 128 Å². The van der Waals surface area contributed by atoms with Crippen molar-refractivity contribution >= 4 is 29.3 Å². The number of nitrogens with one attached hydrogen (secondary N) is 2. The number of benzene rings is 1. The molecule has 1 amide bonds. The summed E-state index contributed by atoms with van der Waals surface area (Å²) >= 11 is 6.06. The molecule has 2 atom stereocenters. The van der Waals surface area contributed by atoms with Crippen molar-refractivity contribution < 1.29 is 23.8 Å². The highest BCUT2D eigenvalue weighted by molar-refractivity contribution is 6.33. The summed E-state index contributed by atoms with van der Waals surface area (Å²) in [7, 11) is 3.07. The SMILES string of the molecule is CCOC(=O)c1ccc(CNCCN2CCC(NC(=O)c3cc(Cl)c(N)nc3OC)C(OC)C2)cc1. The molecule has 1 aliphatic rings. The van der Waals surface area contributed by atoms with Gasteiger partial charge < -0.3 is 30.6 Å². The lowest BCUT2D eigenvalue weighted by molar-refractivity contribution is 0.00676. The second-order valence-corrected chi connectivity index (χ2v) is 8.86. The van der Waals surface area contributed by atoms with Gasteiger partial charge in [0.25, 0.3) is 5.91 Å². The normalized spacial score (nSPS) is 18.0. The maximum atomic E-state index is 12.9. The highest BCUT2D eigenvalue weighted by Gasteiger charge is 2.31. The fourth-order valence-corrected chi connectivity index (χ4v) is 4.23. The van der Waals surface area contributed by atoms with E-state index in [0.717, 1.165) is 31.6 Å². The van der Waals surface area contributed by atoms with E-state index in [1.165, 1.54) is 13.2 Å². The average molecular weight is 520 g/mol. The van der Waals surface area contributed by atoms with Gasteiger partial charge in [-0.05, 0) is 37.1 Å². The zero-order valence-electron chi connectivity index (χ0n) is 20.9. The van der Waals surface area contributed by atoms with Crippen LogP contribution in [0.1, 0.15) is 39.6 Å². The molecule has 1 fully saturated rings. The number of likely N-dealkylation sites (tertiary alicyclic amines) is 1. The van der Waals surface area contributed by atoms with E-state index in [2.05, 4.69) is 20.5 Å². The molecule has 2 aromatic rings. The molecule has 1 aliphatic heterocycles. The number of aromatic nitrogens is 1. The van der Waals surface area contributed by atoms with E-state index in [9.17, 15) is 9.59 Å². The molecule has 0 aliphatic carbocycles. The van der Waals surface area contributed by atoms with Crippen molar-refractivity contribution in [3.63, 3.8) is 0 Å². The van der Waals surface area contributed by atoms with Crippen LogP contribution in [0, 0.1) is 0 Å². The Balaban J connectivity index is 1.45. The zero-order valence-corrected chi connectivity index (χ0v) is 21.6. The molecule has 0 spiro atoms. The minimum atomic E-state index is -0.336. The number of anilines is 1. The van der Waals surface area contributed by atoms with Crippen LogP contribution >= 0.6 is 11.6 Å². The summed E-state index contributed by atoms with van der Waals surface area (Å²) in [5, 5.41) is 6.66. The minimum absolute atomic E-state index is 0.107. The van der Waals surface area contributed by atoms with E-state index in [0.29, 0.717) is 25.3 Å². The number of piperidine rings is 1. The number of nitrogens with zero attached hydrogens (tertiary/aromatic N) is 2. The Kier molecular flexibility index (Phi) is 10.3. The van der Waals surface area contributed by atoms with Crippen molar-refractivity contribution in [1.82, 2.24) is 20.5 Å². The third-order valence-corrected chi connectivity index (χ3v) is 6.37. The highest BCUT2D eigenvalue weighted by atomic mass is 35.5. The molecule has 1 aromatic carbocycles. The molecule has 0 bridgehead atoms. The van der Waals surface area contributed by atoms with Gasteiger partial charge in [-0.15, -0.1) is 0 Å². The van der Waals surface area contributed by atoms with Crippen LogP contribution in [0.3, 0.4) is 0 Å². The predicted molar refractivity (Wildman–Crippen MR) is 137 cm³/mol. The molecule has 4 N–H and O–H groups in total. The van der Waals surface area contributed by atoms with E-state index in [1.807, 2.05) is 12.1 Å². The number of hydrogen-bond donors (Lipinski definition) is 3. The summed E-state index contributed by atoms with van der Waals surface area (Å²) in [6.07, 6.45) is 0.569. The Morgan fingerprint density at radius 1 is 1.25 bits per heavy atom. The Morgan fingerprint density at radius 3 is 2.67 bits per heavy atom. The Bertz CT molecular complexity index is 1040. The van der Waals surface area contributed by atoms with Crippen LogP contribution in [0.2, 0.25) is 5.02 Å². The molecule has 0 saturated carbocycles. The van der Waals surface area contributed by atoms with Gasteiger partial charge in [0.15, 0.2) is 0 Å². The second-order valence-electron chi connectivity index (χ2n) is 8.45. The summed E-state index contributed by atoms with van der Waals surface area (Å²) in [6, 6.07) is 8.71. The first kappa shape index (κ1) is 27.7. The number of halogens is 1. The fourth-order valence-electron chi connectivity index (χ4n) is 4.08. The van der Waals surface area contributed by atoms with E-state index in [-0.39, 0.29) is 46.3 Å². The maximum Gasteiger partial charge on any atom is 0.338 e. The van der Waals surface area contributed by atoms with Crippen molar-refractivity contribution in [2.45, 2.75) is 32.0 Å². The van der Waals surface area contributed by atoms with Crippen LogP contribution in [-0.2, 0) is 16.0 Å². The van der Waals surface area contributed by atoms with Crippen molar-refractivity contribution in [2.75, 3.05) is 52.7 Å². The fraction of sp³-hybridized carbons (Fsp3) is 0.480. The van der Waals surface area contributed by atoms with Gasteiger partial charge in [-0.1, -0.05) is 23.7 Å². The average Bonchev–Trinajstić information content (AvgIpc) is 2.89. The number of rotatable bonds is 11. The molecule has 2 heterocycles. The summed E-state index contributed by atoms with van der Waals surface area (Å²) in [5.41, 5.74) is 7.59. The Labute approximate surface area is 216 Å². The molecular weight excluding hydrogens is 486 g/mol. The van der Waals surface area contributed by atoms with Crippen molar-refractivity contribution in [3.05, 3.63) is 52.0 Å². The van der Waals surface area contributed by atoms with Gasteiger partial charge in [-0.3, -0.25) is 9.69 Å². The molecule has 1 saturated heterocycles. The smallest absolute Gasteiger partial charge is 0.338 e. The van der Waals surface area contributed by atoms with Crippen LogP contribution in [0.4, 0.5) is 5.82 Å². The summed E-state index contributed by atoms with van der Waals surface area (Å²) in [6.45, 7) is 5.99. The number of carbonyl (C=O) groups excluding carboxylic acids is 2. The molecule has 0 radical (unpaired) electrons. The first-order valence-corrected chi connectivity index (χ1v) is 12.3. The van der Waals surface area contributed by atoms with Gasteiger partial charge in [0.05, 0.1) is 36.4 Å². The number of ether oxygens (including phenoxy) is 3. The highest BCUT2D eigenvalue weighted by Crippen LogP contribution is 2.25. The minimum Gasteiger partial charge on any atom is -0.480 e. The Hall–Kier alpha value is -2.92. The summed E-state index contributed by atoms with van der Waals surface area (Å²) in [5.74, 6) is -0.410. The first-order chi connectivity index (χ1) is 17.4. The monoisotopic (exact) mass is 519 g/mol. The van der Waals surface area contributed by atoms with E-state index in [4.69, 9.17) is 31.5 Å². The summed E-state index contributed by atoms with van der Waals surface area (Å²) in [4.78, 5) is 31.0.